The molecule has 0 radical (unpaired) electrons. The number of nitrogens with zero attached hydrogens (tertiary/aromatic N) is 1. The summed E-state index contributed by atoms with van der Waals surface area (Å²) in [6.45, 7) is 1.54. The largest absolute Gasteiger partial charge is 0.380 e. The summed E-state index contributed by atoms with van der Waals surface area (Å²) in [7, 11) is 0. The average Bonchev–Trinajstić information content (AvgIpc) is 2.56. The third-order valence-corrected chi connectivity index (χ3v) is 5.76. The number of carbonyl (C=O) groups excluding carboxylic acids is 1. The van der Waals surface area contributed by atoms with Gasteiger partial charge in [0.1, 0.15) is 5.60 Å². The maximum absolute atomic E-state index is 12.6. The summed E-state index contributed by atoms with van der Waals surface area (Å²) in [4.78, 5) is 14.5. The van der Waals surface area contributed by atoms with Gasteiger partial charge < -0.3 is 10.0 Å². The molecule has 1 N–H and O–H groups in total. The van der Waals surface area contributed by atoms with Gasteiger partial charge in [0, 0.05) is 13.1 Å². The smallest absolute Gasteiger partial charge is 0.254 e. The van der Waals surface area contributed by atoms with E-state index >= 15 is 0 Å². The predicted molar refractivity (Wildman–Crippen MR) is 86.5 cm³/mol. The SMILES string of the molecule is O=C(N1CCC(c2ccccc2)CC1)C1(O)CCSCC1. The number of hydrogen-bond donors (Lipinski definition) is 1. The van der Waals surface area contributed by atoms with Crippen LogP contribution in [0.4, 0.5) is 0 Å². The first-order valence-corrected chi connectivity index (χ1v) is 8.99. The standard InChI is InChI=1S/C17H23NO2S/c19-16(17(20)8-12-21-13-9-17)18-10-6-15(7-11-18)14-4-2-1-3-5-14/h1-5,15,20H,6-13H2. The second-order valence-corrected chi connectivity index (χ2v) is 7.35. The van der Waals surface area contributed by atoms with E-state index in [4.69, 9.17) is 0 Å². The van der Waals surface area contributed by atoms with Gasteiger partial charge in [0.05, 0.1) is 0 Å². The Kier molecular flexibility index (Phi) is 4.55. The van der Waals surface area contributed by atoms with Crippen LogP contribution in [0.3, 0.4) is 0 Å². The van der Waals surface area contributed by atoms with Crippen LogP contribution >= 0.6 is 11.8 Å². The number of amides is 1. The van der Waals surface area contributed by atoms with Gasteiger partial charge in [-0.05, 0) is 48.7 Å². The summed E-state index contributed by atoms with van der Waals surface area (Å²) in [5, 5.41) is 10.6. The van der Waals surface area contributed by atoms with Crippen LogP contribution in [-0.4, -0.2) is 46.1 Å². The van der Waals surface area contributed by atoms with Gasteiger partial charge in [-0.25, -0.2) is 0 Å². The number of piperidine rings is 1. The number of rotatable bonds is 2. The van der Waals surface area contributed by atoms with Crippen molar-refractivity contribution in [3.05, 3.63) is 35.9 Å². The van der Waals surface area contributed by atoms with Crippen LogP contribution in [-0.2, 0) is 4.79 Å². The molecule has 1 aromatic rings. The van der Waals surface area contributed by atoms with Crippen LogP contribution in [0, 0.1) is 0 Å². The zero-order chi connectivity index (χ0) is 14.7. The molecule has 2 fully saturated rings. The molecule has 0 aliphatic carbocycles. The Balaban J connectivity index is 1.59. The van der Waals surface area contributed by atoms with Crippen molar-refractivity contribution >= 4 is 17.7 Å². The number of aliphatic hydroxyl groups is 1. The molecule has 0 spiro atoms. The van der Waals surface area contributed by atoms with Gasteiger partial charge in [-0.3, -0.25) is 4.79 Å². The average molecular weight is 305 g/mol. The highest BCUT2D eigenvalue weighted by molar-refractivity contribution is 7.99. The molecule has 1 amide bonds. The number of thioether (sulfide) groups is 1. The fourth-order valence-corrected chi connectivity index (χ4v) is 4.53. The quantitative estimate of drug-likeness (QED) is 0.913. The van der Waals surface area contributed by atoms with Crippen molar-refractivity contribution in [1.29, 1.82) is 0 Å². The summed E-state index contributed by atoms with van der Waals surface area (Å²) in [6, 6.07) is 10.5. The molecule has 2 aliphatic rings. The van der Waals surface area contributed by atoms with Crippen molar-refractivity contribution in [3.63, 3.8) is 0 Å². The Hall–Kier alpha value is -1.00. The van der Waals surface area contributed by atoms with E-state index in [1.54, 1.807) is 0 Å². The van der Waals surface area contributed by atoms with E-state index in [2.05, 4.69) is 24.3 Å². The zero-order valence-electron chi connectivity index (χ0n) is 12.3. The first kappa shape index (κ1) is 14.9. The molecule has 114 valence electrons. The van der Waals surface area contributed by atoms with Crippen LogP contribution in [0.2, 0.25) is 0 Å². The van der Waals surface area contributed by atoms with Gasteiger partial charge in [0.15, 0.2) is 0 Å². The van der Waals surface area contributed by atoms with Crippen molar-refractivity contribution in [3.8, 4) is 0 Å². The molecule has 1 aromatic carbocycles. The third kappa shape index (κ3) is 3.27. The van der Waals surface area contributed by atoms with E-state index in [0.29, 0.717) is 18.8 Å². The van der Waals surface area contributed by atoms with Gasteiger partial charge in [0.25, 0.3) is 5.91 Å². The van der Waals surface area contributed by atoms with Crippen LogP contribution in [0.1, 0.15) is 37.2 Å². The molecule has 3 nitrogen and oxygen atoms in total. The van der Waals surface area contributed by atoms with Crippen LogP contribution in [0.5, 0.6) is 0 Å². The van der Waals surface area contributed by atoms with Crippen molar-refractivity contribution in [2.24, 2.45) is 0 Å². The number of hydrogen-bond acceptors (Lipinski definition) is 3. The lowest BCUT2D eigenvalue weighted by atomic mass is 9.88. The van der Waals surface area contributed by atoms with Gasteiger partial charge in [-0.2, -0.15) is 11.8 Å². The van der Waals surface area contributed by atoms with E-state index < -0.39 is 5.60 Å². The van der Waals surface area contributed by atoms with Crippen LogP contribution in [0.25, 0.3) is 0 Å². The molecule has 0 bridgehead atoms. The van der Waals surface area contributed by atoms with E-state index in [1.165, 1.54) is 5.56 Å². The van der Waals surface area contributed by atoms with Gasteiger partial charge in [0.2, 0.25) is 0 Å². The summed E-state index contributed by atoms with van der Waals surface area (Å²) in [6.07, 6.45) is 3.21. The molecule has 0 aromatic heterocycles. The molecule has 21 heavy (non-hydrogen) atoms. The lowest BCUT2D eigenvalue weighted by Gasteiger charge is -2.39. The van der Waals surface area contributed by atoms with E-state index in [-0.39, 0.29) is 5.91 Å². The molecule has 0 atom stereocenters. The van der Waals surface area contributed by atoms with Crippen LogP contribution in [0.15, 0.2) is 30.3 Å². The fourth-order valence-electron chi connectivity index (χ4n) is 3.36. The van der Waals surface area contributed by atoms with Gasteiger partial charge in [-0.15, -0.1) is 0 Å². The minimum Gasteiger partial charge on any atom is -0.380 e. The molecule has 0 saturated carbocycles. The highest BCUT2D eigenvalue weighted by Crippen LogP contribution is 2.32. The Bertz CT molecular complexity index is 477. The number of carbonyl (C=O) groups is 1. The summed E-state index contributed by atoms with van der Waals surface area (Å²) in [5.41, 5.74) is 0.280. The Morgan fingerprint density at radius 2 is 1.76 bits per heavy atom. The maximum atomic E-state index is 12.6. The van der Waals surface area contributed by atoms with Gasteiger partial charge >= 0.3 is 0 Å². The number of benzene rings is 1. The zero-order valence-corrected chi connectivity index (χ0v) is 13.1. The Morgan fingerprint density at radius 1 is 1.14 bits per heavy atom. The molecular formula is C17H23NO2S. The van der Waals surface area contributed by atoms with Crippen molar-refractivity contribution in [2.45, 2.75) is 37.2 Å². The molecule has 0 unspecified atom stereocenters. The first-order valence-electron chi connectivity index (χ1n) is 7.83. The fraction of sp³-hybridized carbons (Fsp3) is 0.588. The summed E-state index contributed by atoms with van der Waals surface area (Å²) in [5.74, 6) is 2.30. The molecule has 4 heteroatoms. The molecule has 2 heterocycles. The first-order chi connectivity index (χ1) is 10.2. The normalized spacial score (nSPS) is 23.0. The second-order valence-electron chi connectivity index (χ2n) is 6.12. The lowest BCUT2D eigenvalue weighted by Crippen LogP contribution is -2.52. The molecule has 2 saturated heterocycles. The minimum atomic E-state index is -1.09. The Labute approximate surface area is 130 Å². The van der Waals surface area contributed by atoms with Crippen LogP contribution < -0.4 is 0 Å². The summed E-state index contributed by atoms with van der Waals surface area (Å²) < 4.78 is 0. The second kappa shape index (κ2) is 6.41. The van der Waals surface area contributed by atoms with E-state index in [0.717, 1.165) is 37.4 Å². The third-order valence-electron chi connectivity index (χ3n) is 4.77. The predicted octanol–water partition coefficient (Wildman–Crippen LogP) is 2.65. The molecular weight excluding hydrogens is 282 g/mol. The highest BCUT2D eigenvalue weighted by Gasteiger charge is 2.41. The van der Waals surface area contributed by atoms with Crippen molar-refractivity contribution in [1.82, 2.24) is 4.90 Å². The monoisotopic (exact) mass is 305 g/mol. The summed E-state index contributed by atoms with van der Waals surface area (Å²) >= 11 is 1.83. The number of likely N-dealkylation sites (tertiary alicyclic amines) is 1. The van der Waals surface area contributed by atoms with E-state index in [1.807, 2.05) is 22.7 Å². The van der Waals surface area contributed by atoms with E-state index in [9.17, 15) is 9.90 Å². The maximum Gasteiger partial charge on any atom is 0.254 e. The topological polar surface area (TPSA) is 40.5 Å². The highest BCUT2D eigenvalue weighted by atomic mass is 32.2. The molecule has 2 aliphatic heterocycles. The lowest BCUT2D eigenvalue weighted by molar-refractivity contribution is -0.153. The van der Waals surface area contributed by atoms with Gasteiger partial charge in [-0.1, -0.05) is 30.3 Å². The Morgan fingerprint density at radius 3 is 2.38 bits per heavy atom. The van der Waals surface area contributed by atoms with Crippen molar-refractivity contribution < 1.29 is 9.90 Å². The molecule has 3 rings (SSSR count). The minimum absolute atomic E-state index is 0.0330. The van der Waals surface area contributed by atoms with Crippen molar-refractivity contribution in [2.75, 3.05) is 24.6 Å².